The van der Waals surface area contributed by atoms with Gasteiger partial charge in [0.15, 0.2) is 0 Å². The minimum absolute atomic E-state index is 0.00215. The summed E-state index contributed by atoms with van der Waals surface area (Å²) < 4.78 is 16.1. The van der Waals surface area contributed by atoms with Crippen LogP contribution in [0.3, 0.4) is 0 Å². The molecule has 2 aliphatic heterocycles. The third-order valence-electron chi connectivity index (χ3n) is 7.03. The first kappa shape index (κ1) is 28.2. The van der Waals surface area contributed by atoms with Gasteiger partial charge in [0.2, 0.25) is 5.91 Å². The molecule has 2 N–H and O–H groups in total. The molecule has 1 aromatic rings. The van der Waals surface area contributed by atoms with E-state index >= 15 is 0 Å². The predicted octanol–water partition coefficient (Wildman–Crippen LogP) is 1.19. The van der Waals surface area contributed by atoms with Crippen molar-refractivity contribution in [3.05, 3.63) is 29.3 Å². The summed E-state index contributed by atoms with van der Waals surface area (Å²) in [4.78, 5) is 29.9. The second-order valence-corrected chi connectivity index (χ2v) is 10.1. The average molecular weight is 508 g/mol. The second-order valence-electron chi connectivity index (χ2n) is 10.1. The summed E-state index contributed by atoms with van der Waals surface area (Å²) in [5, 5.41) is 22.9. The highest BCUT2D eigenvalue weighted by Crippen LogP contribution is 2.26. The number of aliphatic hydroxyl groups is 2. The van der Waals surface area contributed by atoms with Gasteiger partial charge in [0, 0.05) is 46.4 Å². The van der Waals surface area contributed by atoms with Crippen LogP contribution in [-0.2, 0) is 14.3 Å². The zero-order valence-electron chi connectivity index (χ0n) is 22.0. The number of aryl methyl sites for hydroxylation is 2. The van der Waals surface area contributed by atoms with Crippen LogP contribution in [0.2, 0.25) is 0 Å². The molecule has 0 unspecified atom stereocenters. The van der Waals surface area contributed by atoms with Crippen molar-refractivity contribution in [3.8, 4) is 5.75 Å². The summed E-state index contributed by atoms with van der Waals surface area (Å²) in [6.45, 7) is 8.40. The lowest BCUT2D eigenvalue weighted by Gasteiger charge is -2.41. The molecule has 36 heavy (non-hydrogen) atoms. The van der Waals surface area contributed by atoms with E-state index in [1.165, 1.54) is 7.11 Å². The molecular formula is C26H41N3O7. The Kier molecular flexibility index (Phi) is 9.57. The quantitative estimate of drug-likeness (QED) is 0.540. The Labute approximate surface area is 213 Å². The SMILES string of the molecule is CCOC(=O)N1CCC(O)(CN2CCN(C(=O)COC)C[C@@](O)(COc3ccc(C)c(C)c3)C2)CC1. The van der Waals surface area contributed by atoms with Crippen molar-refractivity contribution in [3.63, 3.8) is 0 Å². The highest BCUT2D eigenvalue weighted by atomic mass is 16.6. The van der Waals surface area contributed by atoms with Gasteiger partial charge in [-0.05, 0) is 56.9 Å². The predicted molar refractivity (Wildman–Crippen MR) is 134 cm³/mol. The number of nitrogens with zero attached hydrogens (tertiary/aromatic N) is 3. The van der Waals surface area contributed by atoms with E-state index in [2.05, 4.69) is 0 Å². The number of hydrogen-bond acceptors (Lipinski definition) is 8. The van der Waals surface area contributed by atoms with Crippen LogP contribution in [0.4, 0.5) is 4.79 Å². The summed E-state index contributed by atoms with van der Waals surface area (Å²) in [6, 6.07) is 5.77. The molecule has 10 nitrogen and oxygen atoms in total. The lowest BCUT2D eigenvalue weighted by Crippen LogP contribution is -2.56. The normalized spacial score (nSPS) is 22.7. The molecule has 0 bridgehead atoms. The van der Waals surface area contributed by atoms with Crippen LogP contribution in [-0.4, -0.2) is 121 Å². The first-order valence-electron chi connectivity index (χ1n) is 12.6. The van der Waals surface area contributed by atoms with E-state index in [-0.39, 0.29) is 38.3 Å². The van der Waals surface area contributed by atoms with Gasteiger partial charge < -0.3 is 34.2 Å². The molecule has 202 valence electrons. The average Bonchev–Trinajstić information content (AvgIpc) is 2.99. The maximum atomic E-state index is 12.6. The minimum atomic E-state index is -1.35. The second kappa shape index (κ2) is 12.2. The topological polar surface area (TPSA) is 112 Å². The molecule has 0 saturated carbocycles. The van der Waals surface area contributed by atoms with Crippen molar-refractivity contribution in [2.24, 2.45) is 0 Å². The number of carbonyl (C=O) groups is 2. The molecule has 0 spiro atoms. The molecule has 2 saturated heterocycles. The van der Waals surface area contributed by atoms with Crippen LogP contribution >= 0.6 is 0 Å². The fourth-order valence-electron chi connectivity index (χ4n) is 4.81. The summed E-state index contributed by atoms with van der Waals surface area (Å²) in [5.74, 6) is 0.451. The molecule has 0 aromatic heterocycles. The molecule has 2 heterocycles. The monoisotopic (exact) mass is 507 g/mol. The fraction of sp³-hybridized carbons (Fsp3) is 0.692. The van der Waals surface area contributed by atoms with Gasteiger partial charge in [0.1, 0.15) is 24.6 Å². The number of carbonyl (C=O) groups excluding carboxylic acids is 2. The zero-order valence-corrected chi connectivity index (χ0v) is 22.0. The van der Waals surface area contributed by atoms with Crippen molar-refractivity contribution < 1.29 is 34.0 Å². The van der Waals surface area contributed by atoms with E-state index in [1.807, 2.05) is 36.9 Å². The van der Waals surface area contributed by atoms with Gasteiger partial charge in [-0.1, -0.05) is 6.07 Å². The standard InChI is InChI=1S/C26H41N3O7/c1-5-35-24(31)28-10-8-25(32,9-11-28)16-27-12-13-29(23(30)15-34-4)18-26(33,17-27)19-36-22-7-6-20(2)21(3)14-22/h6-7,14,32-33H,5,8-13,15-19H2,1-4H3/t26-/m1/s1. The van der Waals surface area contributed by atoms with E-state index < -0.39 is 11.2 Å². The number of likely N-dealkylation sites (tertiary alicyclic amines) is 1. The molecular weight excluding hydrogens is 466 g/mol. The van der Waals surface area contributed by atoms with Crippen molar-refractivity contribution in [1.82, 2.24) is 14.7 Å². The molecule has 10 heteroatoms. The highest BCUT2D eigenvalue weighted by Gasteiger charge is 2.41. The largest absolute Gasteiger partial charge is 0.490 e. The molecule has 2 aliphatic rings. The highest BCUT2D eigenvalue weighted by molar-refractivity contribution is 5.77. The molecule has 3 rings (SSSR count). The van der Waals surface area contributed by atoms with Crippen LogP contribution in [0.25, 0.3) is 0 Å². The Morgan fingerprint density at radius 3 is 2.33 bits per heavy atom. The minimum Gasteiger partial charge on any atom is -0.490 e. The van der Waals surface area contributed by atoms with E-state index in [1.54, 1.807) is 16.7 Å². The van der Waals surface area contributed by atoms with Gasteiger partial charge in [-0.25, -0.2) is 4.79 Å². The van der Waals surface area contributed by atoms with E-state index in [4.69, 9.17) is 14.2 Å². The number of piperidine rings is 1. The molecule has 0 aliphatic carbocycles. The lowest BCUT2D eigenvalue weighted by atomic mass is 9.90. The van der Waals surface area contributed by atoms with Crippen molar-refractivity contribution in [1.29, 1.82) is 0 Å². The number of amides is 2. The van der Waals surface area contributed by atoms with Gasteiger partial charge in [-0.2, -0.15) is 0 Å². The number of ether oxygens (including phenoxy) is 3. The smallest absolute Gasteiger partial charge is 0.409 e. The first-order chi connectivity index (χ1) is 17.1. The van der Waals surface area contributed by atoms with Crippen LogP contribution in [0.15, 0.2) is 18.2 Å². The molecule has 0 radical (unpaired) electrons. The third kappa shape index (κ3) is 7.55. The number of rotatable bonds is 8. The van der Waals surface area contributed by atoms with Crippen LogP contribution in [0, 0.1) is 13.8 Å². The van der Waals surface area contributed by atoms with Crippen LogP contribution in [0.1, 0.15) is 30.9 Å². The molecule has 1 aromatic carbocycles. The number of hydrogen-bond donors (Lipinski definition) is 2. The Morgan fingerprint density at radius 2 is 1.69 bits per heavy atom. The Bertz CT molecular complexity index is 904. The van der Waals surface area contributed by atoms with E-state index in [0.29, 0.717) is 57.9 Å². The van der Waals surface area contributed by atoms with Gasteiger partial charge in [-0.15, -0.1) is 0 Å². The zero-order chi connectivity index (χ0) is 26.3. The number of methoxy groups -OCH3 is 1. The molecule has 1 atom stereocenters. The Balaban J connectivity index is 1.69. The fourth-order valence-corrected chi connectivity index (χ4v) is 4.81. The van der Waals surface area contributed by atoms with Gasteiger partial charge >= 0.3 is 6.09 Å². The molecule has 2 amide bonds. The third-order valence-corrected chi connectivity index (χ3v) is 7.03. The lowest BCUT2D eigenvalue weighted by molar-refractivity contribution is -0.138. The summed E-state index contributed by atoms with van der Waals surface area (Å²) in [6.07, 6.45) is 0.456. The summed E-state index contributed by atoms with van der Waals surface area (Å²) in [5.41, 5.74) is -0.110. The van der Waals surface area contributed by atoms with Gasteiger partial charge in [0.05, 0.1) is 18.8 Å². The number of β-amino-alcohol motifs (C(OH)–C–C–N with tert-alkyl or cyclic N) is 2. The van der Waals surface area contributed by atoms with Crippen molar-refractivity contribution >= 4 is 12.0 Å². The van der Waals surface area contributed by atoms with Gasteiger partial charge in [0.25, 0.3) is 0 Å². The number of benzene rings is 1. The maximum absolute atomic E-state index is 12.6. The molecule has 2 fully saturated rings. The summed E-state index contributed by atoms with van der Waals surface area (Å²) >= 11 is 0. The first-order valence-corrected chi connectivity index (χ1v) is 12.6. The Morgan fingerprint density at radius 1 is 0.972 bits per heavy atom. The van der Waals surface area contributed by atoms with E-state index in [9.17, 15) is 19.8 Å². The summed E-state index contributed by atoms with van der Waals surface area (Å²) in [7, 11) is 1.47. The Hall–Kier alpha value is -2.40. The van der Waals surface area contributed by atoms with Crippen molar-refractivity contribution in [2.45, 2.75) is 44.8 Å². The van der Waals surface area contributed by atoms with Crippen molar-refractivity contribution in [2.75, 3.05) is 72.7 Å². The van der Waals surface area contributed by atoms with Crippen LogP contribution in [0.5, 0.6) is 5.75 Å². The van der Waals surface area contributed by atoms with E-state index in [0.717, 1.165) is 11.1 Å². The van der Waals surface area contributed by atoms with Crippen LogP contribution < -0.4 is 4.74 Å². The maximum Gasteiger partial charge on any atom is 0.409 e. The van der Waals surface area contributed by atoms with Gasteiger partial charge in [-0.3, -0.25) is 9.69 Å².